The van der Waals surface area contributed by atoms with Gasteiger partial charge < -0.3 is 10.4 Å². The van der Waals surface area contributed by atoms with Crippen LogP contribution in [0.1, 0.15) is 11.9 Å². The van der Waals surface area contributed by atoms with Crippen LogP contribution < -0.4 is 5.32 Å². The number of thiazole rings is 1. The molecule has 5 nitrogen and oxygen atoms in total. The summed E-state index contributed by atoms with van der Waals surface area (Å²) in [4.78, 5) is 25.6. The number of carbonyl (C=O) groups excluding carboxylic acids is 1. The van der Waals surface area contributed by atoms with Gasteiger partial charge in [0.1, 0.15) is 11.0 Å². The summed E-state index contributed by atoms with van der Waals surface area (Å²) in [6.45, 7) is 1.31. The molecule has 88 valence electrons. The second-order valence-electron chi connectivity index (χ2n) is 3.03. The van der Waals surface area contributed by atoms with Crippen molar-refractivity contribution in [3.05, 3.63) is 16.6 Å². The lowest BCUT2D eigenvalue weighted by Gasteiger charge is -2.11. The van der Waals surface area contributed by atoms with Crippen LogP contribution in [0.3, 0.4) is 0 Å². The summed E-state index contributed by atoms with van der Waals surface area (Å²) in [7, 11) is 0. The first-order valence-corrected chi connectivity index (χ1v) is 6.59. The highest BCUT2D eigenvalue weighted by Crippen LogP contribution is 2.15. The number of aliphatic carboxylic acids is 1. The molecule has 1 aromatic rings. The van der Waals surface area contributed by atoms with Crippen LogP contribution in [0.25, 0.3) is 0 Å². The Bertz CT molecular complexity index is 354. The topological polar surface area (TPSA) is 79.3 Å². The maximum Gasteiger partial charge on any atom is 0.327 e. The zero-order chi connectivity index (χ0) is 12.0. The van der Waals surface area contributed by atoms with E-state index in [2.05, 4.69) is 10.3 Å². The van der Waals surface area contributed by atoms with Crippen LogP contribution in [-0.4, -0.2) is 33.8 Å². The van der Waals surface area contributed by atoms with E-state index in [1.54, 1.807) is 6.20 Å². The molecule has 1 aromatic heterocycles. The van der Waals surface area contributed by atoms with Gasteiger partial charge in [0.25, 0.3) is 0 Å². The fourth-order valence-corrected chi connectivity index (χ4v) is 2.76. The van der Waals surface area contributed by atoms with Crippen molar-refractivity contribution < 1.29 is 14.7 Å². The van der Waals surface area contributed by atoms with Gasteiger partial charge in [-0.1, -0.05) is 0 Å². The van der Waals surface area contributed by atoms with Gasteiger partial charge in [0, 0.05) is 30.0 Å². The molecule has 1 atom stereocenters. The van der Waals surface area contributed by atoms with Gasteiger partial charge in [0.15, 0.2) is 0 Å². The van der Waals surface area contributed by atoms with E-state index in [-0.39, 0.29) is 5.91 Å². The minimum atomic E-state index is -1.01. The van der Waals surface area contributed by atoms with Gasteiger partial charge in [-0.3, -0.25) is 4.79 Å². The van der Waals surface area contributed by atoms with E-state index >= 15 is 0 Å². The lowest BCUT2D eigenvalue weighted by Crippen LogP contribution is -2.41. The van der Waals surface area contributed by atoms with Crippen LogP contribution >= 0.6 is 23.1 Å². The van der Waals surface area contributed by atoms with E-state index in [4.69, 9.17) is 5.11 Å². The summed E-state index contributed by atoms with van der Waals surface area (Å²) in [6, 6.07) is -0.831. The number of hydrogen-bond acceptors (Lipinski definition) is 5. The molecule has 1 heterocycles. The summed E-state index contributed by atoms with van der Waals surface area (Å²) in [5.41, 5.74) is 0. The van der Waals surface area contributed by atoms with Crippen LogP contribution in [0.4, 0.5) is 0 Å². The van der Waals surface area contributed by atoms with Crippen molar-refractivity contribution in [1.82, 2.24) is 10.3 Å². The quantitative estimate of drug-likeness (QED) is 0.796. The molecule has 0 fully saturated rings. The zero-order valence-corrected chi connectivity index (χ0v) is 10.3. The maximum absolute atomic E-state index is 10.8. The minimum absolute atomic E-state index is 0.331. The van der Waals surface area contributed by atoms with Gasteiger partial charge in [-0.2, -0.15) is 11.8 Å². The van der Waals surface area contributed by atoms with Crippen molar-refractivity contribution in [2.45, 2.75) is 18.7 Å². The van der Waals surface area contributed by atoms with E-state index in [0.717, 1.165) is 5.01 Å². The summed E-state index contributed by atoms with van der Waals surface area (Å²) in [6.07, 6.45) is 1.71. The predicted octanol–water partition coefficient (Wildman–Crippen LogP) is 0.966. The molecule has 0 saturated heterocycles. The fraction of sp³-hybridized carbons (Fsp3) is 0.444. The minimum Gasteiger partial charge on any atom is -0.480 e. The van der Waals surface area contributed by atoms with Crippen molar-refractivity contribution in [2.24, 2.45) is 0 Å². The Balaban J connectivity index is 2.32. The molecule has 0 radical (unpaired) electrons. The standard InChI is InChI=1S/C9H12N2O3S2/c1-6(12)11-7(9(13)14)4-15-5-8-10-2-3-16-8/h2-3,7H,4-5H2,1H3,(H,11,12)(H,13,14). The molecule has 0 spiro atoms. The molecule has 0 saturated carbocycles. The number of rotatable bonds is 6. The molecule has 0 bridgehead atoms. The molecule has 0 aromatic carbocycles. The Morgan fingerprint density at radius 3 is 2.94 bits per heavy atom. The highest BCUT2D eigenvalue weighted by molar-refractivity contribution is 7.98. The van der Waals surface area contributed by atoms with E-state index in [1.807, 2.05) is 5.38 Å². The van der Waals surface area contributed by atoms with E-state index in [9.17, 15) is 9.59 Å². The van der Waals surface area contributed by atoms with Crippen LogP contribution in [0.5, 0.6) is 0 Å². The first-order chi connectivity index (χ1) is 7.59. The van der Waals surface area contributed by atoms with E-state index < -0.39 is 12.0 Å². The molecule has 2 N–H and O–H groups in total. The Morgan fingerprint density at radius 2 is 2.44 bits per heavy atom. The summed E-state index contributed by atoms with van der Waals surface area (Å²) in [5, 5.41) is 14.1. The van der Waals surface area contributed by atoms with Crippen molar-refractivity contribution >= 4 is 35.0 Å². The second-order valence-corrected chi connectivity index (χ2v) is 5.04. The maximum atomic E-state index is 10.8. The summed E-state index contributed by atoms with van der Waals surface area (Å²) in [5.74, 6) is -0.334. The molecule has 0 aliphatic heterocycles. The first kappa shape index (κ1) is 13.0. The van der Waals surface area contributed by atoms with Crippen molar-refractivity contribution in [1.29, 1.82) is 0 Å². The van der Waals surface area contributed by atoms with Gasteiger partial charge >= 0.3 is 5.97 Å². The highest BCUT2D eigenvalue weighted by Gasteiger charge is 2.18. The van der Waals surface area contributed by atoms with Crippen LogP contribution in [0.15, 0.2) is 11.6 Å². The Hall–Kier alpha value is -1.08. The van der Waals surface area contributed by atoms with Crippen molar-refractivity contribution in [3.8, 4) is 0 Å². The van der Waals surface area contributed by atoms with E-state index in [1.165, 1.54) is 30.0 Å². The zero-order valence-electron chi connectivity index (χ0n) is 8.67. The number of hydrogen-bond donors (Lipinski definition) is 2. The highest BCUT2D eigenvalue weighted by atomic mass is 32.2. The van der Waals surface area contributed by atoms with Gasteiger partial charge in [-0.05, 0) is 0 Å². The molecular weight excluding hydrogens is 248 g/mol. The Labute approximate surface area is 101 Å². The molecule has 1 rings (SSSR count). The normalized spacial score (nSPS) is 12.1. The first-order valence-electron chi connectivity index (χ1n) is 4.55. The number of thioether (sulfide) groups is 1. The van der Waals surface area contributed by atoms with E-state index in [0.29, 0.717) is 11.5 Å². The fourth-order valence-electron chi connectivity index (χ4n) is 1.01. The van der Waals surface area contributed by atoms with Gasteiger partial charge in [-0.25, -0.2) is 9.78 Å². The SMILES string of the molecule is CC(=O)NC(CSCc1nccs1)C(=O)O. The van der Waals surface area contributed by atoms with Crippen molar-refractivity contribution in [2.75, 3.05) is 5.75 Å². The predicted molar refractivity (Wildman–Crippen MR) is 63.5 cm³/mol. The molecule has 0 aliphatic carbocycles. The smallest absolute Gasteiger partial charge is 0.327 e. The second kappa shape index (κ2) is 6.49. The molecule has 16 heavy (non-hydrogen) atoms. The number of nitrogens with zero attached hydrogens (tertiary/aromatic N) is 1. The third kappa shape index (κ3) is 4.63. The Morgan fingerprint density at radius 1 is 1.69 bits per heavy atom. The molecule has 7 heteroatoms. The average molecular weight is 260 g/mol. The van der Waals surface area contributed by atoms with Gasteiger partial charge in [0.05, 0.1) is 0 Å². The molecule has 0 aliphatic rings. The average Bonchev–Trinajstić information content (AvgIpc) is 2.68. The third-order valence-corrected chi connectivity index (χ3v) is 3.68. The number of amides is 1. The number of carbonyl (C=O) groups is 2. The third-order valence-electron chi connectivity index (χ3n) is 1.67. The lowest BCUT2D eigenvalue weighted by atomic mass is 10.3. The number of carboxylic acids is 1. The summed E-state index contributed by atoms with van der Waals surface area (Å²) < 4.78 is 0. The molecule has 1 unspecified atom stereocenters. The van der Waals surface area contributed by atoms with Gasteiger partial charge in [0.2, 0.25) is 5.91 Å². The van der Waals surface area contributed by atoms with Gasteiger partial charge in [-0.15, -0.1) is 11.3 Å². The number of nitrogens with one attached hydrogen (secondary N) is 1. The largest absolute Gasteiger partial charge is 0.480 e. The van der Waals surface area contributed by atoms with Crippen LogP contribution in [0, 0.1) is 0 Å². The Kier molecular flexibility index (Phi) is 5.27. The number of aromatic nitrogens is 1. The summed E-state index contributed by atoms with van der Waals surface area (Å²) >= 11 is 2.97. The van der Waals surface area contributed by atoms with Crippen LogP contribution in [-0.2, 0) is 15.3 Å². The van der Waals surface area contributed by atoms with Crippen molar-refractivity contribution in [3.63, 3.8) is 0 Å². The van der Waals surface area contributed by atoms with Crippen LogP contribution in [0.2, 0.25) is 0 Å². The number of carboxylic acid groups (broad SMARTS) is 1. The molecular formula is C9H12N2O3S2. The molecule has 1 amide bonds. The lowest BCUT2D eigenvalue weighted by molar-refractivity contribution is -0.140. The monoisotopic (exact) mass is 260 g/mol.